The highest BCUT2D eigenvalue weighted by atomic mass is 35.5. The number of rotatable bonds is 3. The molecule has 0 radical (unpaired) electrons. The number of aromatic nitrogens is 3. The molecular formula is C17H16ClN5OS. The molecule has 3 aromatic rings. The Balaban J connectivity index is 1.44. The van der Waals surface area contributed by atoms with Gasteiger partial charge in [0.25, 0.3) is 5.91 Å². The van der Waals surface area contributed by atoms with E-state index in [2.05, 4.69) is 14.9 Å². The van der Waals surface area contributed by atoms with Gasteiger partial charge in [0.15, 0.2) is 0 Å². The van der Waals surface area contributed by atoms with Gasteiger partial charge >= 0.3 is 0 Å². The van der Waals surface area contributed by atoms with Crippen LogP contribution in [0.25, 0.3) is 5.82 Å². The SMILES string of the molecule is O=C(c1ccc(Cl)s1)N1CCN(c2cc(-n3cccc3)ncn2)CC1. The van der Waals surface area contributed by atoms with Gasteiger partial charge in [0.1, 0.15) is 18.0 Å². The van der Waals surface area contributed by atoms with Crippen LogP contribution >= 0.6 is 22.9 Å². The third kappa shape index (κ3) is 3.38. The van der Waals surface area contributed by atoms with Crippen molar-refractivity contribution in [3.8, 4) is 5.82 Å². The number of hydrogen-bond donors (Lipinski definition) is 0. The highest BCUT2D eigenvalue weighted by molar-refractivity contribution is 7.17. The molecule has 25 heavy (non-hydrogen) atoms. The summed E-state index contributed by atoms with van der Waals surface area (Å²) in [4.78, 5) is 25.9. The van der Waals surface area contributed by atoms with Crippen LogP contribution in [0.3, 0.4) is 0 Å². The fourth-order valence-corrected chi connectivity index (χ4v) is 3.87. The third-order valence-electron chi connectivity index (χ3n) is 4.18. The predicted octanol–water partition coefficient (Wildman–Crippen LogP) is 2.94. The molecule has 1 fully saturated rings. The summed E-state index contributed by atoms with van der Waals surface area (Å²) in [6, 6.07) is 9.44. The number of anilines is 1. The zero-order valence-electron chi connectivity index (χ0n) is 13.4. The molecule has 0 aromatic carbocycles. The van der Waals surface area contributed by atoms with Gasteiger partial charge in [0.05, 0.1) is 9.21 Å². The average molecular weight is 374 g/mol. The number of carbonyl (C=O) groups is 1. The van der Waals surface area contributed by atoms with Gasteiger partial charge in [0, 0.05) is 44.6 Å². The second-order valence-electron chi connectivity index (χ2n) is 5.71. The maximum absolute atomic E-state index is 12.5. The molecule has 4 heterocycles. The van der Waals surface area contributed by atoms with E-state index in [1.165, 1.54) is 11.3 Å². The van der Waals surface area contributed by atoms with E-state index < -0.39 is 0 Å². The van der Waals surface area contributed by atoms with E-state index >= 15 is 0 Å². The van der Waals surface area contributed by atoms with Crippen molar-refractivity contribution in [1.29, 1.82) is 0 Å². The van der Waals surface area contributed by atoms with E-state index in [-0.39, 0.29) is 5.91 Å². The summed E-state index contributed by atoms with van der Waals surface area (Å²) in [5, 5.41) is 0. The van der Waals surface area contributed by atoms with Crippen LogP contribution in [0.1, 0.15) is 9.67 Å². The second kappa shape index (κ2) is 6.85. The lowest BCUT2D eigenvalue weighted by molar-refractivity contribution is 0.0751. The van der Waals surface area contributed by atoms with Crippen LogP contribution in [-0.4, -0.2) is 51.5 Å². The molecule has 1 aliphatic rings. The summed E-state index contributed by atoms with van der Waals surface area (Å²) in [6.07, 6.45) is 5.49. The summed E-state index contributed by atoms with van der Waals surface area (Å²) in [6.45, 7) is 2.81. The van der Waals surface area contributed by atoms with Crippen molar-refractivity contribution in [3.05, 3.63) is 58.3 Å². The molecule has 3 aromatic heterocycles. The quantitative estimate of drug-likeness (QED) is 0.708. The molecule has 0 bridgehead atoms. The van der Waals surface area contributed by atoms with E-state index in [4.69, 9.17) is 11.6 Å². The number of nitrogens with zero attached hydrogens (tertiary/aromatic N) is 5. The lowest BCUT2D eigenvalue weighted by atomic mass is 10.3. The van der Waals surface area contributed by atoms with Crippen molar-refractivity contribution in [2.45, 2.75) is 0 Å². The lowest BCUT2D eigenvalue weighted by Crippen LogP contribution is -2.48. The van der Waals surface area contributed by atoms with Crippen LogP contribution in [0.15, 0.2) is 49.1 Å². The van der Waals surface area contributed by atoms with Crippen molar-refractivity contribution < 1.29 is 4.79 Å². The topological polar surface area (TPSA) is 54.3 Å². The van der Waals surface area contributed by atoms with E-state index in [1.54, 1.807) is 18.5 Å². The Bertz CT molecular complexity index is 871. The first-order valence-electron chi connectivity index (χ1n) is 7.96. The van der Waals surface area contributed by atoms with Crippen LogP contribution in [0, 0.1) is 0 Å². The number of thiophene rings is 1. The normalized spacial score (nSPS) is 14.8. The molecule has 8 heteroatoms. The molecule has 1 aliphatic heterocycles. The van der Waals surface area contributed by atoms with Gasteiger partial charge in [-0.05, 0) is 24.3 Å². The largest absolute Gasteiger partial charge is 0.353 e. The van der Waals surface area contributed by atoms with Crippen LogP contribution < -0.4 is 4.90 Å². The van der Waals surface area contributed by atoms with Crippen molar-refractivity contribution in [1.82, 2.24) is 19.4 Å². The fourth-order valence-electron chi connectivity index (χ4n) is 2.86. The van der Waals surface area contributed by atoms with Crippen molar-refractivity contribution in [2.75, 3.05) is 31.1 Å². The average Bonchev–Trinajstić information content (AvgIpc) is 3.33. The lowest BCUT2D eigenvalue weighted by Gasteiger charge is -2.35. The molecule has 1 amide bonds. The highest BCUT2D eigenvalue weighted by Gasteiger charge is 2.24. The van der Waals surface area contributed by atoms with E-state index in [0.29, 0.717) is 22.3 Å². The molecule has 0 spiro atoms. The maximum Gasteiger partial charge on any atom is 0.264 e. The highest BCUT2D eigenvalue weighted by Crippen LogP contribution is 2.24. The Morgan fingerprint density at radius 1 is 1.04 bits per heavy atom. The summed E-state index contributed by atoms with van der Waals surface area (Å²) < 4.78 is 2.59. The first kappa shape index (κ1) is 16.1. The summed E-state index contributed by atoms with van der Waals surface area (Å²) in [7, 11) is 0. The van der Waals surface area contributed by atoms with E-state index in [9.17, 15) is 4.79 Å². The minimum Gasteiger partial charge on any atom is -0.353 e. The van der Waals surface area contributed by atoms with Gasteiger partial charge in [-0.1, -0.05) is 11.6 Å². The molecule has 1 saturated heterocycles. The smallest absolute Gasteiger partial charge is 0.264 e. The van der Waals surface area contributed by atoms with Gasteiger partial charge in [0.2, 0.25) is 0 Å². The van der Waals surface area contributed by atoms with Crippen molar-refractivity contribution >= 4 is 34.7 Å². The van der Waals surface area contributed by atoms with E-state index in [0.717, 1.165) is 24.7 Å². The molecule has 0 unspecified atom stereocenters. The van der Waals surface area contributed by atoms with Crippen LogP contribution in [0.2, 0.25) is 4.34 Å². The molecule has 0 aliphatic carbocycles. The number of amides is 1. The Morgan fingerprint density at radius 3 is 2.44 bits per heavy atom. The summed E-state index contributed by atoms with van der Waals surface area (Å²) in [5.74, 6) is 1.76. The summed E-state index contributed by atoms with van der Waals surface area (Å²) >= 11 is 7.25. The van der Waals surface area contributed by atoms with E-state index in [1.807, 2.05) is 40.1 Å². The molecular weight excluding hydrogens is 358 g/mol. The Labute approximate surface area is 154 Å². The van der Waals surface area contributed by atoms with Crippen molar-refractivity contribution in [2.24, 2.45) is 0 Å². The molecule has 128 valence electrons. The number of halogens is 1. The standard InChI is InChI=1S/C17H16ClN5OS/c18-14-4-3-13(25-14)17(24)23-9-7-22(8-10-23)16-11-15(19-12-20-16)21-5-1-2-6-21/h1-6,11-12H,7-10H2. The number of hydrogen-bond acceptors (Lipinski definition) is 5. The Morgan fingerprint density at radius 2 is 1.76 bits per heavy atom. The molecule has 4 rings (SSSR count). The zero-order chi connectivity index (χ0) is 17.2. The number of carbonyl (C=O) groups excluding carboxylic acids is 1. The molecule has 0 atom stereocenters. The Kier molecular flexibility index (Phi) is 4.42. The van der Waals surface area contributed by atoms with Gasteiger partial charge < -0.3 is 14.4 Å². The van der Waals surface area contributed by atoms with Gasteiger partial charge in [-0.3, -0.25) is 4.79 Å². The molecule has 0 N–H and O–H groups in total. The number of piperazine rings is 1. The fraction of sp³-hybridized carbons (Fsp3) is 0.235. The monoisotopic (exact) mass is 373 g/mol. The van der Waals surface area contributed by atoms with Gasteiger partial charge in [-0.25, -0.2) is 9.97 Å². The Hall–Kier alpha value is -2.38. The zero-order valence-corrected chi connectivity index (χ0v) is 15.0. The predicted molar refractivity (Wildman–Crippen MR) is 98.8 cm³/mol. The molecule has 0 saturated carbocycles. The minimum absolute atomic E-state index is 0.0484. The molecule has 6 nitrogen and oxygen atoms in total. The van der Waals surface area contributed by atoms with Crippen molar-refractivity contribution in [3.63, 3.8) is 0 Å². The van der Waals surface area contributed by atoms with Crippen LogP contribution in [-0.2, 0) is 0 Å². The first-order valence-corrected chi connectivity index (χ1v) is 9.15. The first-order chi connectivity index (χ1) is 12.2. The van der Waals surface area contributed by atoms with Crippen LogP contribution in [0.4, 0.5) is 5.82 Å². The van der Waals surface area contributed by atoms with Crippen LogP contribution in [0.5, 0.6) is 0 Å². The second-order valence-corrected chi connectivity index (χ2v) is 7.42. The van der Waals surface area contributed by atoms with Gasteiger partial charge in [-0.15, -0.1) is 11.3 Å². The maximum atomic E-state index is 12.5. The third-order valence-corrected chi connectivity index (χ3v) is 5.40. The summed E-state index contributed by atoms with van der Waals surface area (Å²) in [5.41, 5.74) is 0. The van der Waals surface area contributed by atoms with Gasteiger partial charge in [-0.2, -0.15) is 0 Å². The minimum atomic E-state index is 0.0484.